The van der Waals surface area contributed by atoms with Crippen molar-refractivity contribution in [2.75, 3.05) is 26.7 Å². The second-order valence-electron chi connectivity index (χ2n) is 8.97. The summed E-state index contributed by atoms with van der Waals surface area (Å²) in [5.41, 5.74) is 35.4. The van der Waals surface area contributed by atoms with Gasteiger partial charge in [-0.15, -0.1) is 0 Å². The Hall–Kier alpha value is -0.640. The molecule has 35 heavy (non-hydrogen) atoms. The Balaban J connectivity index is 1.72. The van der Waals surface area contributed by atoms with Crippen LogP contribution in [0.2, 0.25) is 0 Å². The normalized spacial score (nSPS) is 51.3. The zero-order chi connectivity index (χ0) is 26.0. The SMILES string of the molecule is CO[C@H]1OC(CN)[C@@H](O[C@H]2OC(CN)[C@@H](O[C@H]3OC(CN)[C@@H](O)C(O)C3N)C(O)C2N)C(O)C1N. The predicted octanol–water partition coefficient (Wildman–Crippen LogP) is -7.12. The van der Waals surface area contributed by atoms with E-state index in [2.05, 4.69) is 0 Å². The highest BCUT2D eigenvalue weighted by atomic mass is 16.7. The van der Waals surface area contributed by atoms with Crippen LogP contribution in [-0.2, 0) is 28.4 Å². The van der Waals surface area contributed by atoms with E-state index in [1.807, 2.05) is 0 Å². The quantitative estimate of drug-likeness (QED) is 0.144. The van der Waals surface area contributed by atoms with Crippen molar-refractivity contribution < 1.29 is 48.8 Å². The minimum atomic E-state index is -1.39. The maximum absolute atomic E-state index is 11.0. The van der Waals surface area contributed by atoms with E-state index in [9.17, 15) is 20.4 Å². The Kier molecular flexibility index (Phi) is 10.1. The van der Waals surface area contributed by atoms with Crippen molar-refractivity contribution in [3.05, 3.63) is 0 Å². The lowest BCUT2D eigenvalue weighted by Gasteiger charge is -2.49. The van der Waals surface area contributed by atoms with Gasteiger partial charge in [0.25, 0.3) is 0 Å². The summed E-state index contributed by atoms with van der Waals surface area (Å²) in [6, 6.07) is -3.27. The summed E-state index contributed by atoms with van der Waals surface area (Å²) >= 11 is 0. The molecule has 0 aromatic carbocycles. The molecule has 0 radical (unpaired) electrons. The molecule has 16 nitrogen and oxygen atoms in total. The summed E-state index contributed by atoms with van der Waals surface area (Å²) in [5, 5.41) is 41.9. The van der Waals surface area contributed by atoms with Gasteiger partial charge in [0.15, 0.2) is 18.9 Å². The van der Waals surface area contributed by atoms with E-state index < -0.39 is 91.9 Å². The largest absolute Gasteiger partial charge is 0.388 e. The molecule has 3 fully saturated rings. The number of aliphatic hydroxyl groups excluding tert-OH is 4. The first kappa shape index (κ1) is 28.9. The summed E-state index contributed by atoms with van der Waals surface area (Å²) in [7, 11) is 1.38. The van der Waals surface area contributed by atoms with Gasteiger partial charge in [-0.1, -0.05) is 0 Å². The summed E-state index contributed by atoms with van der Waals surface area (Å²) in [6.45, 7) is -0.264. The lowest BCUT2D eigenvalue weighted by Crippen LogP contribution is -2.70. The van der Waals surface area contributed by atoms with Crippen molar-refractivity contribution in [3.63, 3.8) is 0 Å². The van der Waals surface area contributed by atoms with Crippen molar-refractivity contribution >= 4 is 0 Å². The average molecular weight is 513 g/mol. The van der Waals surface area contributed by atoms with Crippen LogP contribution in [0.15, 0.2) is 0 Å². The maximum Gasteiger partial charge on any atom is 0.176 e. The van der Waals surface area contributed by atoms with Crippen LogP contribution in [0.5, 0.6) is 0 Å². The van der Waals surface area contributed by atoms with Crippen molar-refractivity contribution in [1.82, 2.24) is 0 Å². The van der Waals surface area contributed by atoms with Gasteiger partial charge >= 0.3 is 0 Å². The molecule has 0 saturated carbocycles. The number of rotatable bonds is 8. The van der Waals surface area contributed by atoms with Crippen molar-refractivity contribution in [2.24, 2.45) is 34.4 Å². The van der Waals surface area contributed by atoms with Crippen LogP contribution < -0.4 is 34.4 Å². The number of methoxy groups -OCH3 is 1. The minimum Gasteiger partial charge on any atom is -0.388 e. The highest BCUT2D eigenvalue weighted by molar-refractivity contribution is 4.99. The molecule has 16 N–H and O–H groups in total. The molecule has 3 heterocycles. The van der Waals surface area contributed by atoms with Crippen LogP contribution in [0, 0.1) is 0 Å². The molecule has 3 aliphatic rings. The fourth-order valence-electron chi connectivity index (χ4n) is 4.51. The second-order valence-corrected chi connectivity index (χ2v) is 8.97. The molecule has 9 unspecified atom stereocenters. The number of aliphatic hydroxyl groups is 4. The van der Waals surface area contributed by atoms with Gasteiger partial charge in [0.1, 0.15) is 54.9 Å². The number of ether oxygens (including phenoxy) is 6. The van der Waals surface area contributed by atoms with E-state index in [1.54, 1.807) is 0 Å². The number of hydrogen-bond acceptors (Lipinski definition) is 16. The Morgan fingerprint density at radius 2 is 0.943 bits per heavy atom. The third kappa shape index (κ3) is 5.78. The Morgan fingerprint density at radius 1 is 0.571 bits per heavy atom. The number of hydrogen-bond donors (Lipinski definition) is 10. The summed E-state index contributed by atoms with van der Waals surface area (Å²) in [5.74, 6) is 0. The molecule has 0 aromatic rings. The molecule has 0 aliphatic carbocycles. The summed E-state index contributed by atoms with van der Waals surface area (Å²) < 4.78 is 34.0. The van der Waals surface area contributed by atoms with Gasteiger partial charge < -0.3 is 83.2 Å². The van der Waals surface area contributed by atoms with E-state index in [0.29, 0.717) is 0 Å². The third-order valence-corrected chi connectivity index (χ3v) is 6.70. The fraction of sp³-hybridized carbons (Fsp3) is 1.00. The molecular formula is C19H40N6O10. The Bertz CT molecular complexity index is 666. The van der Waals surface area contributed by atoms with Gasteiger partial charge in [0, 0.05) is 26.7 Å². The molecular weight excluding hydrogens is 472 g/mol. The monoisotopic (exact) mass is 512 g/mol. The van der Waals surface area contributed by atoms with E-state index in [-0.39, 0.29) is 19.6 Å². The first-order valence-corrected chi connectivity index (χ1v) is 11.5. The Morgan fingerprint density at radius 3 is 1.37 bits per heavy atom. The van der Waals surface area contributed by atoms with Gasteiger partial charge in [-0.3, -0.25) is 0 Å². The van der Waals surface area contributed by atoms with Crippen LogP contribution in [0.25, 0.3) is 0 Å². The molecule has 3 aliphatic heterocycles. The Labute approximate surface area is 202 Å². The lowest BCUT2D eigenvalue weighted by molar-refractivity contribution is -0.342. The van der Waals surface area contributed by atoms with Crippen molar-refractivity contribution in [2.45, 2.75) is 91.9 Å². The standard InChI is InChI=1S/C19H40N6O10/c1-30-17-9(24)13(28)15(6(3-21)32-17)35-19-10(25)14(29)16(7(4-22)33-19)34-18-8(23)12(27)11(26)5(2-20)31-18/h5-19,26-29H,2-4,20-25H2,1H3/t5?,6?,7?,8?,9?,10?,11-,12?,13?,14?,15-,16-,17+,18-,19-/m1/s1. The van der Waals surface area contributed by atoms with Crippen molar-refractivity contribution in [3.8, 4) is 0 Å². The first-order chi connectivity index (χ1) is 16.6. The second kappa shape index (κ2) is 12.3. The highest BCUT2D eigenvalue weighted by Crippen LogP contribution is 2.31. The lowest BCUT2D eigenvalue weighted by atomic mass is 9.94. The topological polar surface area (TPSA) is 292 Å². The third-order valence-electron chi connectivity index (χ3n) is 6.70. The molecule has 16 heteroatoms. The molecule has 3 saturated heterocycles. The predicted molar refractivity (Wildman–Crippen MR) is 118 cm³/mol. The van der Waals surface area contributed by atoms with Gasteiger partial charge in [-0.25, -0.2) is 0 Å². The van der Waals surface area contributed by atoms with Crippen LogP contribution in [-0.4, -0.2) is 139 Å². The highest BCUT2D eigenvalue weighted by Gasteiger charge is 2.52. The summed E-state index contributed by atoms with van der Waals surface area (Å²) in [6.07, 6.45) is -13.6. The molecule has 15 atom stereocenters. The van der Waals surface area contributed by atoms with E-state index in [1.165, 1.54) is 7.11 Å². The molecule has 0 spiro atoms. The van der Waals surface area contributed by atoms with Crippen LogP contribution in [0.3, 0.4) is 0 Å². The molecule has 0 aromatic heterocycles. The molecule has 206 valence electrons. The van der Waals surface area contributed by atoms with Crippen molar-refractivity contribution in [1.29, 1.82) is 0 Å². The van der Waals surface area contributed by atoms with Gasteiger partial charge in [-0.05, 0) is 0 Å². The first-order valence-electron chi connectivity index (χ1n) is 11.5. The molecule has 3 rings (SSSR count). The van der Waals surface area contributed by atoms with E-state index in [0.717, 1.165) is 0 Å². The average Bonchev–Trinajstić information content (AvgIpc) is 2.86. The van der Waals surface area contributed by atoms with Crippen LogP contribution >= 0.6 is 0 Å². The zero-order valence-electron chi connectivity index (χ0n) is 19.5. The molecule has 0 bridgehead atoms. The zero-order valence-corrected chi connectivity index (χ0v) is 19.5. The molecule has 0 amide bonds. The number of nitrogens with two attached hydrogens (primary N) is 6. The maximum atomic E-state index is 11.0. The van der Waals surface area contributed by atoms with E-state index in [4.69, 9.17) is 62.8 Å². The van der Waals surface area contributed by atoms with E-state index >= 15 is 0 Å². The fourth-order valence-corrected chi connectivity index (χ4v) is 4.51. The van der Waals surface area contributed by atoms with Gasteiger partial charge in [-0.2, -0.15) is 0 Å². The van der Waals surface area contributed by atoms with Gasteiger partial charge in [0.2, 0.25) is 0 Å². The van der Waals surface area contributed by atoms with Gasteiger partial charge in [0.05, 0.1) is 18.1 Å². The van der Waals surface area contributed by atoms with Crippen LogP contribution in [0.1, 0.15) is 0 Å². The minimum absolute atomic E-state index is 0.0295. The smallest absolute Gasteiger partial charge is 0.176 e. The summed E-state index contributed by atoms with van der Waals surface area (Å²) in [4.78, 5) is 0. The van der Waals surface area contributed by atoms with Crippen LogP contribution in [0.4, 0.5) is 0 Å².